The number of nitrogens with zero attached hydrogens (tertiary/aromatic N) is 2. The second-order valence-electron chi connectivity index (χ2n) is 5.50. The maximum Gasteiger partial charge on any atom is 0.227 e. The van der Waals surface area contributed by atoms with Gasteiger partial charge in [0.15, 0.2) is 0 Å². The zero-order valence-corrected chi connectivity index (χ0v) is 13.4. The van der Waals surface area contributed by atoms with Crippen molar-refractivity contribution < 1.29 is 13.2 Å². The minimum absolute atomic E-state index is 0.0691. The quantitative estimate of drug-likeness (QED) is 0.838. The number of aryl methyl sites for hydroxylation is 1. The predicted octanol–water partition coefficient (Wildman–Crippen LogP) is 1.03. The first-order valence-corrected chi connectivity index (χ1v) is 9.00. The van der Waals surface area contributed by atoms with Gasteiger partial charge in [0.2, 0.25) is 15.9 Å². The van der Waals surface area contributed by atoms with Gasteiger partial charge < -0.3 is 4.90 Å². The summed E-state index contributed by atoms with van der Waals surface area (Å²) >= 11 is 0. The highest BCUT2D eigenvalue weighted by Gasteiger charge is 2.23. The van der Waals surface area contributed by atoms with Crippen LogP contribution in [0.3, 0.4) is 0 Å². The summed E-state index contributed by atoms with van der Waals surface area (Å²) in [5, 5.41) is 0. The van der Waals surface area contributed by atoms with Gasteiger partial charge >= 0.3 is 0 Å². The molecule has 0 atom stereocenters. The van der Waals surface area contributed by atoms with Gasteiger partial charge in [0.25, 0.3) is 0 Å². The molecular weight excluding hydrogens is 288 g/mol. The molecule has 0 aliphatic carbocycles. The Morgan fingerprint density at radius 3 is 2.52 bits per heavy atom. The highest BCUT2D eigenvalue weighted by molar-refractivity contribution is 7.88. The van der Waals surface area contributed by atoms with Crippen LogP contribution in [-0.2, 0) is 21.2 Å². The van der Waals surface area contributed by atoms with E-state index in [0.717, 1.165) is 11.1 Å². The normalized spacial score (nSPS) is 17.5. The zero-order valence-electron chi connectivity index (χ0n) is 12.6. The zero-order chi connectivity index (χ0) is 15.5. The smallest absolute Gasteiger partial charge is 0.227 e. The third kappa shape index (κ3) is 4.28. The predicted molar refractivity (Wildman–Crippen MR) is 82.5 cm³/mol. The summed E-state index contributed by atoms with van der Waals surface area (Å²) in [7, 11) is -3.17. The second-order valence-corrected chi connectivity index (χ2v) is 7.48. The molecule has 0 N–H and O–H groups in total. The Balaban J connectivity index is 1.99. The summed E-state index contributed by atoms with van der Waals surface area (Å²) in [4.78, 5) is 14.2. The van der Waals surface area contributed by atoms with E-state index in [1.54, 1.807) is 4.90 Å². The molecule has 0 saturated carbocycles. The number of hydrogen-bond donors (Lipinski definition) is 0. The van der Waals surface area contributed by atoms with Crippen LogP contribution in [0.5, 0.6) is 0 Å². The minimum Gasteiger partial charge on any atom is -0.341 e. The van der Waals surface area contributed by atoms with Crippen molar-refractivity contribution in [1.82, 2.24) is 9.21 Å². The fourth-order valence-corrected chi connectivity index (χ4v) is 3.43. The monoisotopic (exact) mass is 310 g/mol. The molecule has 1 aliphatic rings. The van der Waals surface area contributed by atoms with Gasteiger partial charge in [-0.25, -0.2) is 12.7 Å². The Morgan fingerprint density at radius 2 is 1.86 bits per heavy atom. The standard InChI is InChI=1S/C15H22N2O3S/c1-13-6-3-4-7-14(13)12-15(18)16-8-5-9-17(11-10-16)21(2,19)20/h3-4,6-7H,5,8-12H2,1-2H3. The SMILES string of the molecule is Cc1ccccc1CC(=O)N1CCCN(S(C)(=O)=O)CC1. The van der Waals surface area contributed by atoms with E-state index in [4.69, 9.17) is 0 Å². The third-order valence-corrected chi connectivity index (χ3v) is 5.18. The van der Waals surface area contributed by atoms with Crippen molar-refractivity contribution in [3.05, 3.63) is 35.4 Å². The van der Waals surface area contributed by atoms with Crippen LogP contribution in [0.15, 0.2) is 24.3 Å². The highest BCUT2D eigenvalue weighted by atomic mass is 32.2. The number of hydrogen-bond acceptors (Lipinski definition) is 3. The summed E-state index contributed by atoms with van der Waals surface area (Å²) in [6, 6.07) is 7.85. The van der Waals surface area contributed by atoms with E-state index in [9.17, 15) is 13.2 Å². The average Bonchev–Trinajstić information content (AvgIpc) is 2.66. The molecule has 0 unspecified atom stereocenters. The van der Waals surface area contributed by atoms with Crippen molar-refractivity contribution >= 4 is 15.9 Å². The Bertz CT molecular complexity index is 613. The lowest BCUT2D eigenvalue weighted by molar-refractivity contribution is -0.130. The molecule has 1 aromatic rings. The molecule has 5 nitrogen and oxygen atoms in total. The van der Waals surface area contributed by atoms with E-state index in [1.165, 1.54) is 10.6 Å². The Morgan fingerprint density at radius 1 is 1.14 bits per heavy atom. The summed E-state index contributed by atoms with van der Waals surface area (Å²) < 4.78 is 24.6. The van der Waals surface area contributed by atoms with Crippen LogP contribution in [0, 0.1) is 6.92 Å². The molecule has 21 heavy (non-hydrogen) atoms. The van der Waals surface area contributed by atoms with Gasteiger partial charge in [0, 0.05) is 26.2 Å². The van der Waals surface area contributed by atoms with Crippen molar-refractivity contribution in [3.63, 3.8) is 0 Å². The van der Waals surface area contributed by atoms with Crippen molar-refractivity contribution in [3.8, 4) is 0 Å². The molecule has 0 bridgehead atoms. The molecule has 6 heteroatoms. The first-order valence-electron chi connectivity index (χ1n) is 7.15. The maximum absolute atomic E-state index is 12.4. The molecular formula is C15H22N2O3S. The average molecular weight is 310 g/mol. The van der Waals surface area contributed by atoms with Gasteiger partial charge in [-0.15, -0.1) is 0 Å². The van der Waals surface area contributed by atoms with Gasteiger partial charge in [0.05, 0.1) is 12.7 Å². The summed E-state index contributed by atoms with van der Waals surface area (Å²) in [6.45, 7) is 3.97. The van der Waals surface area contributed by atoms with Crippen LogP contribution < -0.4 is 0 Å². The first-order chi connectivity index (χ1) is 9.88. The van der Waals surface area contributed by atoms with Crippen LogP contribution in [0.25, 0.3) is 0 Å². The molecule has 0 aromatic heterocycles. The number of carbonyl (C=O) groups is 1. The largest absolute Gasteiger partial charge is 0.341 e. The second kappa shape index (κ2) is 6.58. The Labute approximate surface area is 126 Å². The molecule has 116 valence electrons. The van der Waals surface area contributed by atoms with Gasteiger partial charge in [-0.1, -0.05) is 24.3 Å². The number of sulfonamides is 1. The lowest BCUT2D eigenvalue weighted by atomic mass is 10.1. The molecule has 1 aliphatic heterocycles. The van der Waals surface area contributed by atoms with Gasteiger partial charge in [-0.2, -0.15) is 0 Å². The van der Waals surface area contributed by atoms with E-state index < -0.39 is 10.0 Å². The molecule has 1 fully saturated rings. The van der Waals surface area contributed by atoms with Gasteiger partial charge in [-0.05, 0) is 24.5 Å². The summed E-state index contributed by atoms with van der Waals surface area (Å²) in [5.41, 5.74) is 2.14. The van der Waals surface area contributed by atoms with Crippen LogP contribution >= 0.6 is 0 Å². The molecule has 0 spiro atoms. The number of amides is 1. The fraction of sp³-hybridized carbons (Fsp3) is 0.533. The Hall–Kier alpha value is -1.40. The van der Waals surface area contributed by atoms with Crippen molar-refractivity contribution in [2.75, 3.05) is 32.4 Å². The lowest BCUT2D eigenvalue weighted by Gasteiger charge is -2.21. The van der Waals surface area contributed by atoms with E-state index in [0.29, 0.717) is 39.0 Å². The maximum atomic E-state index is 12.4. The van der Waals surface area contributed by atoms with Gasteiger partial charge in [0.1, 0.15) is 0 Å². The van der Waals surface area contributed by atoms with E-state index in [1.807, 2.05) is 31.2 Å². The molecule has 0 radical (unpaired) electrons. The first kappa shape index (κ1) is 16.0. The molecule has 1 aromatic carbocycles. The fourth-order valence-electron chi connectivity index (χ4n) is 2.56. The van der Waals surface area contributed by atoms with Crippen LogP contribution in [0.1, 0.15) is 17.5 Å². The van der Waals surface area contributed by atoms with Gasteiger partial charge in [-0.3, -0.25) is 4.79 Å². The van der Waals surface area contributed by atoms with E-state index in [-0.39, 0.29) is 5.91 Å². The van der Waals surface area contributed by atoms with E-state index in [2.05, 4.69) is 0 Å². The number of carbonyl (C=O) groups excluding carboxylic acids is 1. The molecule has 1 amide bonds. The summed E-state index contributed by atoms with van der Waals surface area (Å²) in [6.07, 6.45) is 2.29. The Kier molecular flexibility index (Phi) is 5.00. The van der Waals surface area contributed by atoms with Crippen molar-refractivity contribution in [2.45, 2.75) is 19.8 Å². The van der Waals surface area contributed by atoms with Crippen molar-refractivity contribution in [1.29, 1.82) is 0 Å². The topological polar surface area (TPSA) is 57.7 Å². The third-order valence-electron chi connectivity index (χ3n) is 3.88. The minimum atomic E-state index is -3.17. The van der Waals surface area contributed by atoms with E-state index >= 15 is 0 Å². The highest BCUT2D eigenvalue weighted by Crippen LogP contribution is 2.12. The molecule has 1 saturated heterocycles. The molecule has 2 rings (SSSR count). The summed E-state index contributed by atoms with van der Waals surface area (Å²) in [5.74, 6) is 0.0691. The molecule has 1 heterocycles. The number of benzene rings is 1. The van der Waals surface area contributed by atoms with Crippen LogP contribution in [0.2, 0.25) is 0 Å². The lowest BCUT2D eigenvalue weighted by Crippen LogP contribution is -2.37. The van der Waals surface area contributed by atoms with Crippen LogP contribution in [-0.4, -0.2) is 56.0 Å². The van der Waals surface area contributed by atoms with Crippen LogP contribution in [0.4, 0.5) is 0 Å². The van der Waals surface area contributed by atoms with Crippen molar-refractivity contribution in [2.24, 2.45) is 0 Å². The number of rotatable bonds is 3.